The second kappa shape index (κ2) is 8.12. The third kappa shape index (κ3) is 4.33. The van der Waals surface area contributed by atoms with Crippen LogP contribution < -0.4 is 4.74 Å². The Morgan fingerprint density at radius 1 is 1.39 bits per heavy atom. The number of thioether (sulfide) groups is 1. The molecule has 2 rings (SSSR count). The van der Waals surface area contributed by atoms with Crippen LogP contribution >= 0.6 is 24.0 Å². The van der Waals surface area contributed by atoms with Crippen molar-refractivity contribution >= 4 is 46.3 Å². The highest BCUT2D eigenvalue weighted by Gasteiger charge is 2.33. The van der Waals surface area contributed by atoms with Gasteiger partial charge in [-0.05, 0) is 18.6 Å². The van der Waals surface area contributed by atoms with E-state index in [0.29, 0.717) is 21.6 Å². The third-order valence-corrected chi connectivity index (χ3v) is 4.43. The molecule has 1 aromatic carbocycles. The summed E-state index contributed by atoms with van der Waals surface area (Å²) in [6.45, 7) is 2.08. The largest absolute Gasteiger partial charge is 0.496 e. The second-order valence-electron chi connectivity index (χ2n) is 4.73. The normalized spacial score (nSPS) is 16.1. The summed E-state index contributed by atoms with van der Waals surface area (Å²) in [5.74, 6) is -0.0822. The molecule has 23 heavy (non-hydrogen) atoms. The van der Waals surface area contributed by atoms with E-state index in [0.717, 1.165) is 12.0 Å². The molecule has 0 atom stereocenters. The van der Waals surface area contributed by atoms with Crippen molar-refractivity contribution in [3.8, 4) is 5.75 Å². The lowest BCUT2D eigenvalue weighted by molar-refractivity contribution is -0.146. The molecule has 0 N–H and O–H groups in total. The lowest BCUT2D eigenvalue weighted by Gasteiger charge is -2.13. The van der Waals surface area contributed by atoms with Crippen LogP contribution in [-0.4, -0.2) is 41.4 Å². The Kier molecular flexibility index (Phi) is 6.18. The molecule has 0 spiro atoms. The van der Waals surface area contributed by atoms with Gasteiger partial charge in [-0.1, -0.05) is 49.1 Å². The van der Waals surface area contributed by atoms with Crippen LogP contribution in [0.4, 0.5) is 0 Å². The van der Waals surface area contributed by atoms with E-state index in [1.54, 1.807) is 13.2 Å². The number of benzene rings is 1. The summed E-state index contributed by atoms with van der Waals surface area (Å²) in [6.07, 6.45) is 2.45. The van der Waals surface area contributed by atoms with E-state index in [4.69, 9.17) is 21.7 Å². The predicted molar refractivity (Wildman–Crippen MR) is 94.1 cm³/mol. The number of methoxy groups -OCH3 is 1. The second-order valence-corrected chi connectivity index (χ2v) is 6.41. The highest BCUT2D eigenvalue weighted by Crippen LogP contribution is 2.34. The zero-order valence-corrected chi connectivity index (χ0v) is 14.5. The molecule has 1 aliphatic heterocycles. The SMILES string of the molecule is CCCOC(=O)CN1C(=O)/C(=C/c2ccccc2OC)SC1=S. The van der Waals surface area contributed by atoms with Crippen molar-refractivity contribution in [2.45, 2.75) is 13.3 Å². The van der Waals surface area contributed by atoms with Crippen molar-refractivity contribution < 1.29 is 19.1 Å². The Hall–Kier alpha value is -1.86. The first-order chi connectivity index (χ1) is 11.1. The van der Waals surface area contributed by atoms with E-state index in [1.807, 2.05) is 31.2 Å². The molecule has 122 valence electrons. The van der Waals surface area contributed by atoms with Crippen molar-refractivity contribution in [3.63, 3.8) is 0 Å². The number of carbonyl (C=O) groups excluding carboxylic acids is 2. The molecule has 0 radical (unpaired) electrons. The zero-order valence-electron chi connectivity index (χ0n) is 12.9. The van der Waals surface area contributed by atoms with Gasteiger partial charge in [-0.25, -0.2) is 0 Å². The van der Waals surface area contributed by atoms with Crippen LogP contribution in [0.5, 0.6) is 5.75 Å². The summed E-state index contributed by atoms with van der Waals surface area (Å²) in [4.78, 5) is 25.8. The van der Waals surface area contributed by atoms with Crippen molar-refractivity contribution in [1.29, 1.82) is 0 Å². The fourth-order valence-electron chi connectivity index (χ4n) is 1.95. The van der Waals surface area contributed by atoms with Gasteiger partial charge >= 0.3 is 5.97 Å². The molecule has 1 heterocycles. The van der Waals surface area contributed by atoms with E-state index in [1.165, 1.54) is 16.7 Å². The van der Waals surface area contributed by atoms with Gasteiger partial charge in [0.1, 0.15) is 16.6 Å². The van der Waals surface area contributed by atoms with Crippen LogP contribution in [0.3, 0.4) is 0 Å². The Morgan fingerprint density at radius 2 is 2.13 bits per heavy atom. The van der Waals surface area contributed by atoms with Gasteiger partial charge in [0, 0.05) is 5.56 Å². The average Bonchev–Trinajstić information content (AvgIpc) is 2.81. The number of thiocarbonyl (C=S) groups is 1. The van der Waals surface area contributed by atoms with Gasteiger partial charge in [0.25, 0.3) is 5.91 Å². The van der Waals surface area contributed by atoms with Crippen LogP contribution in [0.2, 0.25) is 0 Å². The molecule has 0 unspecified atom stereocenters. The van der Waals surface area contributed by atoms with Crippen LogP contribution in [0.1, 0.15) is 18.9 Å². The fraction of sp³-hybridized carbons (Fsp3) is 0.312. The number of hydrogen-bond acceptors (Lipinski definition) is 6. The number of nitrogens with zero attached hydrogens (tertiary/aromatic N) is 1. The minimum absolute atomic E-state index is 0.159. The zero-order chi connectivity index (χ0) is 16.8. The maximum atomic E-state index is 12.4. The third-order valence-electron chi connectivity index (χ3n) is 3.05. The van der Waals surface area contributed by atoms with Gasteiger partial charge in [-0.3, -0.25) is 14.5 Å². The number of carbonyl (C=O) groups is 2. The van der Waals surface area contributed by atoms with Gasteiger partial charge in [0.05, 0.1) is 18.6 Å². The number of hydrogen-bond donors (Lipinski definition) is 0. The monoisotopic (exact) mass is 351 g/mol. The highest BCUT2D eigenvalue weighted by atomic mass is 32.2. The molecule has 1 amide bonds. The fourth-order valence-corrected chi connectivity index (χ4v) is 3.20. The quantitative estimate of drug-likeness (QED) is 0.446. The smallest absolute Gasteiger partial charge is 0.326 e. The van der Waals surface area contributed by atoms with Gasteiger partial charge in [0.2, 0.25) is 0 Å². The topological polar surface area (TPSA) is 55.8 Å². The first kappa shape index (κ1) is 17.5. The maximum absolute atomic E-state index is 12.4. The maximum Gasteiger partial charge on any atom is 0.326 e. The summed E-state index contributed by atoms with van der Waals surface area (Å²) in [5, 5.41) is 0. The predicted octanol–water partition coefficient (Wildman–Crippen LogP) is 2.85. The lowest BCUT2D eigenvalue weighted by atomic mass is 10.2. The van der Waals surface area contributed by atoms with Crippen LogP contribution in [0.15, 0.2) is 29.2 Å². The summed E-state index contributed by atoms with van der Waals surface area (Å²) in [6, 6.07) is 7.37. The molecular formula is C16H17NO4S2. The van der Waals surface area contributed by atoms with E-state index in [2.05, 4.69) is 0 Å². The summed E-state index contributed by atoms with van der Waals surface area (Å²) in [7, 11) is 1.57. The minimum atomic E-state index is -0.457. The molecular weight excluding hydrogens is 334 g/mol. The average molecular weight is 351 g/mol. The molecule has 0 aliphatic carbocycles. The number of para-hydroxylation sites is 1. The molecule has 5 nitrogen and oxygen atoms in total. The van der Waals surface area contributed by atoms with Gasteiger partial charge in [-0.2, -0.15) is 0 Å². The molecule has 1 saturated heterocycles. The Bertz CT molecular complexity index is 657. The lowest BCUT2D eigenvalue weighted by Crippen LogP contribution is -2.34. The number of esters is 1. The van der Waals surface area contributed by atoms with Crippen molar-refractivity contribution in [1.82, 2.24) is 4.90 Å². The molecule has 1 fully saturated rings. The summed E-state index contributed by atoms with van der Waals surface area (Å²) >= 11 is 6.36. The summed E-state index contributed by atoms with van der Waals surface area (Å²) < 4.78 is 10.6. The Morgan fingerprint density at radius 3 is 2.83 bits per heavy atom. The van der Waals surface area contributed by atoms with Gasteiger partial charge in [0.15, 0.2) is 0 Å². The minimum Gasteiger partial charge on any atom is -0.496 e. The molecule has 0 saturated carbocycles. The van der Waals surface area contributed by atoms with Crippen LogP contribution in [-0.2, 0) is 14.3 Å². The van der Waals surface area contributed by atoms with Gasteiger partial charge < -0.3 is 9.47 Å². The van der Waals surface area contributed by atoms with E-state index in [9.17, 15) is 9.59 Å². The van der Waals surface area contributed by atoms with E-state index in [-0.39, 0.29) is 12.5 Å². The Balaban J connectivity index is 2.14. The highest BCUT2D eigenvalue weighted by molar-refractivity contribution is 8.26. The molecule has 0 bridgehead atoms. The number of ether oxygens (including phenoxy) is 2. The molecule has 0 aromatic heterocycles. The first-order valence-electron chi connectivity index (χ1n) is 7.10. The molecule has 7 heteroatoms. The van der Waals surface area contributed by atoms with Crippen molar-refractivity contribution in [2.24, 2.45) is 0 Å². The number of rotatable bonds is 6. The Labute approximate surface area is 144 Å². The standard InChI is InChI=1S/C16H17NO4S2/c1-3-8-21-14(18)10-17-15(19)13(23-16(17)22)9-11-6-4-5-7-12(11)20-2/h4-7,9H,3,8,10H2,1-2H3/b13-9-. The summed E-state index contributed by atoms with van der Waals surface area (Å²) in [5.41, 5.74) is 0.782. The van der Waals surface area contributed by atoms with Gasteiger partial charge in [-0.15, -0.1) is 0 Å². The first-order valence-corrected chi connectivity index (χ1v) is 8.33. The molecule has 1 aliphatic rings. The van der Waals surface area contributed by atoms with Crippen molar-refractivity contribution in [3.05, 3.63) is 34.7 Å². The van der Waals surface area contributed by atoms with Crippen molar-refractivity contribution in [2.75, 3.05) is 20.3 Å². The van der Waals surface area contributed by atoms with Crippen LogP contribution in [0.25, 0.3) is 6.08 Å². The number of amides is 1. The van der Waals surface area contributed by atoms with Crippen LogP contribution in [0, 0.1) is 0 Å². The molecule has 1 aromatic rings. The van der Waals surface area contributed by atoms with E-state index >= 15 is 0 Å². The van der Waals surface area contributed by atoms with E-state index < -0.39 is 5.97 Å².